The fourth-order valence-corrected chi connectivity index (χ4v) is 6.10. The minimum absolute atomic E-state index is 0.0488. The highest BCUT2D eigenvalue weighted by Crippen LogP contribution is 2.34. The van der Waals surface area contributed by atoms with Gasteiger partial charge in [0.25, 0.3) is 5.56 Å². The van der Waals surface area contributed by atoms with Gasteiger partial charge in [0.2, 0.25) is 5.91 Å². The van der Waals surface area contributed by atoms with E-state index in [0.717, 1.165) is 36.2 Å². The highest BCUT2D eigenvalue weighted by Gasteiger charge is 2.28. The van der Waals surface area contributed by atoms with E-state index in [9.17, 15) is 9.59 Å². The number of aromatic nitrogens is 2. The quantitative estimate of drug-likeness (QED) is 0.313. The number of hydrogen-bond donors (Lipinski definition) is 0. The Hall–Kier alpha value is -2.90. The lowest BCUT2D eigenvalue weighted by molar-refractivity contribution is -0.117. The number of aryl methyl sites for hydroxylation is 1. The number of thioether (sulfide) groups is 1. The topological polar surface area (TPSA) is 55.2 Å². The molecule has 1 aliphatic rings. The van der Waals surface area contributed by atoms with Crippen molar-refractivity contribution in [3.63, 3.8) is 0 Å². The number of amides is 1. The molecule has 1 amide bonds. The average Bonchev–Trinajstić information content (AvgIpc) is 3.26. The van der Waals surface area contributed by atoms with Crippen molar-refractivity contribution in [3.05, 3.63) is 75.9 Å². The number of anilines is 1. The first-order valence-corrected chi connectivity index (χ1v) is 12.4. The van der Waals surface area contributed by atoms with E-state index in [0.29, 0.717) is 15.4 Å². The fraction of sp³-hybridized carbons (Fsp3) is 0.240. The number of para-hydroxylation sites is 1. The van der Waals surface area contributed by atoms with E-state index in [1.807, 2.05) is 65.7 Å². The van der Waals surface area contributed by atoms with Crippen LogP contribution in [0.15, 0.2) is 69.9 Å². The lowest BCUT2D eigenvalue weighted by Crippen LogP contribution is -2.40. The SMILES string of the molecule is CC(Sc1nc2scc(-c3ccccc3)c2c(=O)n1C)C(=O)N1CCCc2ccccc21. The van der Waals surface area contributed by atoms with Crippen molar-refractivity contribution in [1.29, 1.82) is 0 Å². The zero-order valence-electron chi connectivity index (χ0n) is 17.9. The first-order valence-electron chi connectivity index (χ1n) is 10.6. The van der Waals surface area contributed by atoms with Crippen LogP contribution >= 0.6 is 23.1 Å². The third-order valence-electron chi connectivity index (χ3n) is 5.87. The molecule has 2 aromatic carbocycles. The van der Waals surface area contributed by atoms with E-state index in [4.69, 9.17) is 4.98 Å². The van der Waals surface area contributed by atoms with Crippen LogP contribution < -0.4 is 10.5 Å². The number of thiophene rings is 1. The van der Waals surface area contributed by atoms with Gasteiger partial charge in [-0.05, 0) is 37.0 Å². The van der Waals surface area contributed by atoms with Crippen LogP contribution in [0.4, 0.5) is 5.69 Å². The molecule has 1 atom stereocenters. The summed E-state index contributed by atoms with van der Waals surface area (Å²) < 4.78 is 1.57. The van der Waals surface area contributed by atoms with Gasteiger partial charge < -0.3 is 4.90 Å². The van der Waals surface area contributed by atoms with Gasteiger partial charge in [-0.2, -0.15) is 0 Å². The van der Waals surface area contributed by atoms with Crippen LogP contribution in [-0.4, -0.2) is 27.3 Å². The van der Waals surface area contributed by atoms with Gasteiger partial charge >= 0.3 is 0 Å². The number of benzene rings is 2. The second-order valence-electron chi connectivity index (χ2n) is 7.94. The smallest absolute Gasteiger partial charge is 0.263 e. The van der Waals surface area contributed by atoms with E-state index < -0.39 is 0 Å². The first-order chi connectivity index (χ1) is 15.5. The number of carbonyl (C=O) groups excluding carboxylic acids is 1. The number of carbonyl (C=O) groups is 1. The van der Waals surface area contributed by atoms with Gasteiger partial charge in [0, 0.05) is 30.2 Å². The van der Waals surface area contributed by atoms with Crippen molar-refractivity contribution in [2.45, 2.75) is 30.2 Å². The Morgan fingerprint density at radius 2 is 1.88 bits per heavy atom. The van der Waals surface area contributed by atoms with E-state index in [1.54, 1.807) is 11.6 Å². The lowest BCUT2D eigenvalue weighted by Gasteiger charge is -2.31. The molecule has 0 spiro atoms. The van der Waals surface area contributed by atoms with Gasteiger partial charge in [0.1, 0.15) is 4.83 Å². The van der Waals surface area contributed by atoms with Crippen molar-refractivity contribution in [1.82, 2.24) is 9.55 Å². The van der Waals surface area contributed by atoms with Crippen LogP contribution in [-0.2, 0) is 18.3 Å². The summed E-state index contributed by atoms with van der Waals surface area (Å²) in [7, 11) is 1.73. The van der Waals surface area contributed by atoms with Gasteiger partial charge in [-0.25, -0.2) is 4.98 Å². The van der Waals surface area contributed by atoms with Crippen molar-refractivity contribution >= 4 is 44.9 Å². The summed E-state index contributed by atoms with van der Waals surface area (Å²) in [5.41, 5.74) is 4.04. The monoisotopic (exact) mass is 461 g/mol. The predicted molar refractivity (Wildman–Crippen MR) is 133 cm³/mol. The van der Waals surface area contributed by atoms with Gasteiger partial charge in [-0.15, -0.1) is 11.3 Å². The second kappa shape index (κ2) is 8.56. The minimum Gasteiger partial charge on any atom is -0.311 e. The Morgan fingerprint density at radius 1 is 1.12 bits per heavy atom. The molecule has 0 radical (unpaired) electrons. The van der Waals surface area contributed by atoms with Crippen molar-refractivity contribution in [2.75, 3.05) is 11.4 Å². The molecule has 1 unspecified atom stereocenters. The average molecular weight is 462 g/mol. The molecule has 162 valence electrons. The summed E-state index contributed by atoms with van der Waals surface area (Å²) in [4.78, 5) is 33.9. The normalized spacial score (nSPS) is 14.4. The molecular formula is C25H23N3O2S2. The van der Waals surface area contributed by atoms with Crippen molar-refractivity contribution < 1.29 is 4.79 Å². The molecule has 0 saturated heterocycles. The second-order valence-corrected chi connectivity index (χ2v) is 10.1. The van der Waals surface area contributed by atoms with E-state index in [1.165, 1.54) is 28.7 Å². The van der Waals surface area contributed by atoms with Gasteiger partial charge in [-0.3, -0.25) is 14.2 Å². The van der Waals surface area contributed by atoms with Crippen LogP contribution in [0.2, 0.25) is 0 Å². The van der Waals surface area contributed by atoms with E-state index >= 15 is 0 Å². The number of rotatable bonds is 4. The highest BCUT2D eigenvalue weighted by molar-refractivity contribution is 8.00. The van der Waals surface area contributed by atoms with Crippen LogP contribution in [0, 0.1) is 0 Å². The molecule has 3 heterocycles. The summed E-state index contributed by atoms with van der Waals surface area (Å²) in [6.07, 6.45) is 1.95. The van der Waals surface area contributed by atoms with Crippen molar-refractivity contribution in [3.8, 4) is 11.1 Å². The Labute approximate surface area is 194 Å². The Morgan fingerprint density at radius 3 is 2.69 bits per heavy atom. The molecular weight excluding hydrogens is 438 g/mol. The van der Waals surface area contributed by atoms with Crippen LogP contribution in [0.5, 0.6) is 0 Å². The van der Waals surface area contributed by atoms with Crippen LogP contribution in [0.1, 0.15) is 18.9 Å². The number of fused-ring (bicyclic) bond motifs is 2. The number of hydrogen-bond acceptors (Lipinski definition) is 5. The molecule has 32 heavy (non-hydrogen) atoms. The van der Waals surface area contributed by atoms with E-state index in [2.05, 4.69) is 6.07 Å². The van der Waals surface area contributed by atoms with E-state index in [-0.39, 0.29) is 16.7 Å². The van der Waals surface area contributed by atoms with Gasteiger partial charge in [-0.1, -0.05) is 60.3 Å². The molecule has 4 aromatic rings. The molecule has 0 bridgehead atoms. The molecule has 5 rings (SSSR count). The molecule has 0 aliphatic carbocycles. The first kappa shape index (κ1) is 21.0. The number of nitrogens with zero attached hydrogens (tertiary/aromatic N) is 3. The third-order valence-corrected chi connectivity index (χ3v) is 7.87. The molecule has 2 aromatic heterocycles. The Balaban J connectivity index is 1.45. The van der Waals surface area contributed by atoms with Crippen LogP contribution in [0.25, 0.3) is 21.3 Å². The van der Waals surface area contributed by atoms with Crippen LogP contribution in [0.3, 0.4) is 0 Å². The highest BCUT2D eigenvalue weighted by atomic mass is 32.2. The standard InChI is InChI=1S/C25H23N3O2S2/c1-16(23(29)28-14-8-12-18-11-6-7-13-20(18)28)32-25-26-22-21(24(30)27(25)2)19(15-31-22)17-9-4-3-5-10-17/h3-7,9-11,13,15-16H,8,12,14H2,1-2H3. The maximum Gasteiger partial charge on any atom is 0.263 e. The molecule has 7 heteroatoms. The molecule has 1 aliphatic heterocycles. The fourth-order valence-electron chi connectivity index (χ4n) is 4.18. The molecule has 0 N–H and O–H groups in total. The zero-order chi connectivity index (χ0) is 22.2. The molecule has 5 nitrogen and oxygen atoms in total. The molecule has 0 saturated carbocycles. The van der Waals surface area contributed by atoms with Gasteiger partial charge in [0.05, 0.1) is 10.6 Å². The Kier molecular flexibility index (Phi) is 5.61. The molecule has 0 fully saturated rings. The third kappa shape index (κ3) is 3.65. The lowest BCUT2D eigenvalue weighted by atomic mass is 10.0. The summed E-state index contributed by atoms with van der Waals surface area (Å²) in [5, 5.41) is 2.83. The summed E-state index contributed by atoms with van der Waals surface area (Å²) in [5.74, 6) is 0.0488. The predicted octanol–water partition coefficient (Wildman–Crippen LogP) is 5.12. The maximum absolute atomic E-state index is 13.3. The maximum atomic E-state index is 13.3. The Bertz CT molecular complexity index is 1360. The summed E-state index contributed by atoms with van der Waals surface area (Å²) in [6, 6.07) is 18.0. The minimum atomic E-state index is -0.356. The summed E-state index contributed by atoms with van der Waals surface area (Å²) in [6.45, 7) is 2.61. The largest absolute Gasteiger partial charge is 0.311 e. The van der Waals surface area contributed by atoms with Gasteiger partial charge in [0.15, 0.2) is 5.16 Å². The zero-order valence-corrected chi connectivity index (χ0v) is 19.6. The van der Waals surface area contributed by atoms with Crippen molar-refractivity contribution in [2.24, 2.45) is 7.05 Å². The summed E-state index contributed by atoms with van der Waals surface area (Å²) >= 11 is 2.81.